The van der Waals surface area contributed by atoms with Crippen LogP contribution in [0.4, 0.5) is 0 Å². The molecule has 2 rings (SSSR count). The quantitative estimate of drug-likeness (QED) is 0.732. The fraction of sp³-hybridized carbons (Fsp3) is 1.00. The summed E-state index contributed by atoms with van der Waals surface area (Å²) >= 11 is 0. The van der Waals surface area contributed by atoms with E-state index in [1.54, 1.807) is 0 Å². The Balaban J connectivity index is 1.84. The predicted molar refractivity (Wildman–Crippen MR) is 55.1 cm³/mol. The van der Waals surface area contributed by atoms with Crippen molar-refractivity contribution in [2.75, 3.05) is 6.54 Å². The van der Waals surface area contributed by atoms with Gasteiger partial charge in [-0.1, -0.05) is 0 Å². The Morgan fingerprint density at radius 3 is 2.50 bits per heavy atom. The van der Waals surface area contributed by atoms with E-state index < -0.39 is 0 Å². The van der Waals surface area contributed by atoms with Crippen LogP contribution in [0.5, 0.6) is 0 Å². The summed E-state index contributed by atoms with van der Waals surface area (Å²) in [5.41, 5.74) is 5.63. The molecule has 0 aliphatic carbocycles. The number of hydrogen-bond acceptors (Lipinski definition) is 3. The third-order valence-electron chi connectivity index (χ3n) is 3.32. The molecular weight excluding hydrogens is 178 g/mol. The first-order valence-electron chi connectivity index (χ1n) is 5.80. The molecule has 14 heavy (non-hydrogen) atoms. The van der Waals surface area contributed by atoms with Crippen molar-refractivity contribution in [3.05, 3.63) is 0 Å². The van der Waals surface area contributed by atoms with Gasteiger partial charge in [0.1, 0.15) is 0 Å². The zero-order chi connectivity index (χ0) is 9.97. The Labute approximate surface area is 85.9 Å². The molecule has 2 heterocycles. The van der Waals surface area contributed by atoms with Gasteiger partial charge < -0.3 is 15.2 Å². The normalized spacial score (nSPS) is 44.1. The second-order valence-electron chi connectivity index (χ2n) is 4.53. The van der Waals surface area contributed by atoms with Crippen LogP contribution in [0.15, 0.2) is 0 Å². The fourth-order valence-corrected chi connectivity index (χ4v) is 2.48. The number of ether oxygens (including phenoxy) is 2. The summed E-state index contributed by atoms with van der Waals surface area (Å²) in [6, 6.07) is 0. The van der Waals surface area contributed by atoms with Crippen LogP contribution in [-0.2, 0) is 9.47 Å². The van der Waals surface area contributed by atoms with Crippen molar-refractivity contribution in [2.45, 2.75) is 63.4 Å². The van der Waals surface area contributed by atoms with E-state index in [0.717, 1.165) is 19.3 Å². The largest absolute Gasteiger partial charge is 0.373 e. The lowest BCUT2D eigenvalue weighted by Crippen LogP contribution is -2.39. The van der Waals surface area contributed by atoms with Gasteiger partial charge in [-0.2, -0.15) is 0 Å². The summed E-state index contributed by atoms with van der Waals surface area (Å²) in [4.78, 5) is 0. The Kier molecular flexibility index (Phi) is 3.42. The Bertz CT molecular complexity index is 186. The average Bonchev–Trinajstić information content (AvgIpc) is 2.65. The Morgan fingerprint density at radius 2 is 1.86 bits per heavy atom. The van der Waals surface area contributed by atoms with E-state index >= 15 is 0 Å². The van der Waals surface area contributed by atoms with E-state index in [2.05, 4.69) is 6.92 Å². The van der Waals surface area contributed by atoms with E-state index in [0.29, 0.717) is 24.9 Å². The van der Waals surface area contributed by atoms with Crippen molar-refractivity contribution in [1.82, 2.24) is 0 Å². The maximum Gasteiger partial charge on any atom is 0.0841 e. The highest BCUT2D eigenvalue weighted by atomic mass is 16.6. The van der Waals surface area contributed by atoms with Crippen LogP contribution in [0.1, 0.15) is 39.0 Å². The topological polar surface area (TPSA) is 44.5 Å². The van der Waals surface area contributed by atoms with E-state index in [1.807, 2.05) is 0 Å². The highest BCUT2D eigenvalue weighted by Crippen LogP contribution is 2.29. The van der Waals surface area contributed by atoms with Gasteiger partial charge in [0, 0.05) is 6.54 Å². The summed E-state index contributed by atoms with van der Waals surface area (Å²) in [5.74, 6) is 0. The SMILES string of the molecule is CC1CCC(C2CCCC(CN)O2)O1. The minimum atomic E-state index is 0.272. The fourth-order valence-electron chi connectivity index (χ4n) is 2.48. The van der Waals surface area contributed by atoms with Gasteiger partial charge in [-0.05, 0) is 39.0 Å². The monoisotopic (exact) mass is 199 g/mol. The Hall–Kier alpha value is -0.120. The van der Waals surface area contributed by atoms with Gasteiger partial charge in [-0.15, -0.1) is 0 Å². The van der Waals surface area contributed by atoms with Gasteiger partial charge in [-0.3, -0.25) is 0 Å². The van der Waals surface area contributed by atoms with Gasteiger partial charge in [0.25, 0.3) is 0 Å². The molecule has 0 aromatic carbocycles. The van der Waals surface area contributed by atoms with Crippen LogP contribution in [0, 0.1) is 0 Å². The van der Waals surface area contributed by atoms with Crippen molar-refractivity contribution >= 4 is 0 Å². The lowest BCUT2D eigenvalue weighted by Gasteiger charge is -2.32. The summed E-state index contributed by atoms with van der Waals surface area (Å²) in [7, 11) is 0. The predicted octanol–water partition coefficient (Wildman–Crippen LogP) is 1.45. The van der Waals surface area contributed by atoms with E-state index in [4.69, 9.17) is 15.2 Å². The first-order valence-corrected chi connectivity index (χ1v) is 5.80. The molecule has 3 nitrogen and oxygen atoms in total. The molecule has 2 fully saturated rings. The molecule has 0 radical (unpaired) electrons. The lowest BCUT2D eigenvalue weighted by molar-refractivity contribution is -0.116. The minimum absolute atomic E-state index is 0.272. The molecular formula is C11H21NO2. The maximum atomic E-state index is 5.92. The van der Waals surface area contributed by atoms with Gasteiger partial charge in [0.05, 0.1) is 24.4 Å². The molecule has 2 N–H and O–H groups in total. The molecule has 4 atom stereocenters. The highest BCUT2D eigenvalue weighted by molar-refractivity contribution is 4.82. The van der Waals surface area contributed by atoms with Crippen LogP contribution in [0.3, 0.4) is 0 Å². The van der Waals surface area contributed by atoms with Crippen LogP contribution in [-0.4, -0.2) is 31.0 Å². The molecule has 4 unspecified atom stereocenters. The second kappa shape index (κ2) is 4.60. The van der Waals surface area contributed by atoms with E-state index in [1.165, 1.54) is 12.8 Å². The molecule has 2 aliphatic heterocycles. The third kappa shape index (κ3) is 2.27. The summed E-state index contributed by atoms with van der Waals surface area (Å²) < 4.78 is 11.7. The second-order valence-corrected chi connectivity index (χ2v) is 4.53. The van der Waals surface area contributed by atoms with Crippen LogP contribution in [0.2, 0.25) is 0 Å². The Morgan fingerprint density at radius 1 is 1.07 bits per heavy atom. The number of rotatable bonds is 2. The van der Waals surface area contributed by atoms with Crippen molar-refractivity contribution in [2.24, 2.45) is 5.73 Å². The van der Waals surface area contributed by atoms with Gasteiger partial charge >= 0.3 is 0 Å². The van der Waals surface area contributed by atoms with Crippen molar-refractivity contribution < 1.29 is 9.47 Å². The van der Waals surface area contributed by atoms with Gasteiger partial charge in [0.2, 0.25) is 0 Å². The molecule has 0 aromatic rings. The zero-order valence-electron chi connectivity index (χ0n) is 8.95. The van der Waals surface area contributed by atoms with Gasteiger partial charge in [-0.25, -0.2) is 0 Å². The van der Waals surface area contributed by atoms with E-state index in [-0.39, 0.29) is 6.10 Å². The van der Waals surface area contributed by atoms with Crippen molar-refractivity contribution in [3.63, 3.8) is 0 Å². The van der Waals surface area contributed by atoms with Crippen LogP contribution in [0.25, 0.3) is 0 Å². The number of hydrogen-bond donors (Lipinski definition) is 1. The first-order chi connectivity index (χ1) is 6.79. The summed E-state index contributed by atoms with van der Waals surface area (Å²) in [6.45, 7) is 2.79. The molecule has 0 amide bonds. The molecule has 0 bridgehead atoms. The van der Waals surface area contributed by atoms with Gasteiger partial charge in [0.15, 0.2) is 0 Å². The standard InChI is InChI=1S/C11H21NO2/c1-8-5-6-11(13-8)10-4-2-3-9(7-12)14-10/h8-11H,2-7,12H2,1H3. The zero-order valence-corrected chi connectivity index (χ0v) is 8.95. The number of nitrogens with two attached hydrogens (primary N) is 1. The van der Waals surface area contributed by atoms with Crippen LogP contribution >= 0.6 is 0 Å². The average molecular weight is 199 g/mol. The minimum Gasteiger partial charge on any atom is -0.373 e. The molecule has 0 saturated carbocycles. The third-order valence-corrected chi connectivity index (χ3v) is 3.32. The first kappa shape index (κ1) is 10.4. The molecule has 0 aromatic heterocycles. The highest BCUT2D eigenvalue weighted by Gasteiger charge is 2.33. The molecule has 3 heteroatoms. The lowest BCUT2D eigenvalue weighted by atomic mass is 9.99. The maximum absolute atomic E-state index is 5.92. The molecule has 82 valence electrons. The molecule has 2 aliphatic rings. The van der Waals surface area contributed by atoms with Crippen LogP contribution < -0.4 is 5.73 Å². The molecule has 2 saturated heterocycles. The smallest absolute Gasteiger partial charge is 0.0841 e. The van der Waals surface area contributed by atoms with Crippen molar-refractivity contribution in [1.29, 1.82) is 0 Å². The summed E-state index contributed by atoms with van der Waals surface area (Å²) in [6.07, 6.45) is 7.17. The van der Waals surface area contributed by atoms with Crippen molar-refractivity contribution in [3.8, 4) is 0 Å². The summed E-state index contributed by atoms with van der Waals surface area (Å²) in [5, 5.41) is 0. The van der Waals surface area contributed by atoms with E-state index in [9.17, 15) is 0 Å². The molecule has 0 spiro atoms.